The van der Waals surface area contributed by atoms with E-state index in [0.717, 1.165) is 24.0 Å². The van der Waals surface area contributed by atoms with Crippen LogP contribution in [0.5, 0.6) is 5.75 Å². The van der Waals surface area contributed by atoms with Crippen LogP contribution in [0.1, 0.15) is 53.3 Å². The molecule has 0 amide bonds. The van der Waals surface area contributed by atoms with Gasteiger partial charge in [0.2, 0.25) is 0 Å². The molecule has 0 unspecified atom stereocenters. The molecule has 1 saturated heterocycles. The molecule has 1 aliphatic carbocycles. The van der Waals surface area contributed by atoms with Crippen LogP contribution in [0.15, 0.2) is 52.4 Å². The van der Waals surface area contributed by atoms with E-state index in [1.165, 1.54) is 41.7 Å². The Kier molecular flexibility index (Phi) is 7.62. The van der Waals surface area contributed by atoms with Gasteiger partial charge in [0.05, 0.1) is 24.0 Å². The standard InChI is InChI=1S/C29H25F4N3O5S/c30-22-13-17(27(37)38)7-8-19(22)23-15-42-28(34-23)36-11-9-18(10-12-36)39-14-21-25(35-41-26(21)16-5-6-16)20-3-1-2-4-24(20)40-29(31,32)33/h1-4,7-8,13,15-16,18H,5-6,9-12,14H2,(H,37,38). The third kappa shape index (κ3) is 6.12. The van der Waals surface area contributed by atoms with E-state index in [4.69, 9.17) is 14.4 Å². The summed E-state index contributed by atoms with van der Waals surface area (Å²) in [6.07, 6.45) is -1.74. The van der Waals surface area contributed by atoms with E-state index >= 15 is 0 Å². The van der Waals surface area contributed by atoms with Crippen LogP contribution in [-0.4, -0.2) is 46.8 Å². The normalized spacial score (nSPS) is 16.1. The maximum Gasteiger partial charge on any atom is 0.573 e. The van der Waals surface area contributed by atoms with E-state index in [1.54, 1.807) is 11.4 Å². The van der Waals surface area contributed by atoms with Crippen LogP contribution in [-0.2, 0) is 11.3 Å². The van der Waals surface area contributed by atoms with Crippen molar-refractivity contribution < 1.29 is 41.5 Å². The van der Waals surface area contributed by atoms with Crippen molar-refractivity contribution in [3.63, 3.8) is 0 Å². The average Bonchev–Trinajstić information content (AvgIpc) is 3.53. The Hall–Kier alpha value is -3.97. The quantitative estimate of drug-likeness (QED) is 0.200. The number of piperidine rings is 1. The Morgan fingerprint density at radius 2 is 1.86 bits per heavy atom. The first kappa shape index (κ1) is 28.2. The molecule has 8 nitrogen and oxygen atoms in total. The maximum absolute atomic E-state index is 14.5. The van der Waals surface area contributed by atoms with E-state index < -0.39 is 18.1 Å². The van der Waals surface area contributed by atoms with Gasteiger partial charge in [-0.1, -0.05) is 17.3 Å². The summed E-state index contributed by atoms with van der Waals surface area (Å²) in [6, 6.07) is 9.60. The number of benzene rings is 2. The highest BCUT2D eigenvalue weighted by molar-refractivity contribution is 7.14. The van der Waals surface area contributed by atoms with Gasteiger partial charge in [0.1, 0.15) is 23.0 Å². The second-order valence-corrected chi connectivity index (χ2v) is 11.0. The number of alkyl halides is 3. The molecule has 1 aliphatic heterocycles. The number of hydrogen-bond acceptors (Lipinski definition) is 8. The van der Waals surface area contributed by atoms with Crippen molar-refractivity contribution in [3.8, 4) is 28.3 Å². The minimum absolute atomic E-state index is 0.0989. The SMILES string of the molecule is O=C(O)c1ccc(-c2csc(N3CCC(OCc4c(-c5ccccc5OC(F)(F)F)noc4C4CC4)CC3)n2)c(F)c1. The number of nitrogens with zero attached hydrogens (tertiary/aromatic N) is 3. The van der Waals surface area contributed by atoms with Gasteiger partial charge in [-0.05, 0) is 56.0 Å². The highest BCUT2D eigenvalue weighted by Crippen LogP contribution is 2.46. The molecule has 220 valence electrons. The first-order valence-corrected chi connectivity index (χ1v) is 14.2. The zero-order valence-electron chi connectivity index (χ0n) is 22.1. The molecular weight excluding hydrogens is 578 g/mol. The molecule has 0 atom stereocenters. The van der Waals surface area contributed by atoms with E-state index in [-0.39, 0.29) is 46.8 Å². The van der Waals surface area contributed by atoms with Crippen LogP contribution in [0.25, 0.3) is 22.5 Å². The summed E-state index contributed by atoms with van der Waals surface area (Å²) >= 11 is 1.38. The van der Waals surface area contributed by atoms with Crippen LogP contribution in [0, 0.1) is 5.82 Å². The highest BCUT2D eigenvalue weighted by Gasteiger charge is 2.36. The zero-order chi connectivity index (χ0) is 29.4. The molecule has 2 fully saturated rings. The molecule has 0 radical (unpaired) electrons. The largest absolute Gasteiger partial charge is 0.573 e. The summed E-state index contributed by atoms with van der Waals surface area (Å²) in [4.78, 5) is 17.8. The predicted molar refractivity (Wildman–Crippen MR) is 145 cm³/mol. The Balaban J connectivity index is 1.11. The molecule has 6 rings (SSSR count). The van der Waals surface area contributed by atoms with Crippen LogP contribution in [0.4, 0.5) is 22.7 Å². The fraction of sp³-hybridized carbons (Fsp3) is 0.345. The molecule has 4 aromatic rings. The van der Waals surface area contributed by atoms with Crippen molar-refractivity contribution in [2.75, 3.05) is 18.0 Å². The van der Waals surface area contributed by atoms with Gasteiger partial charge in [0.15, 0.2) is 5.13 Å². The number of carboxylic acids is 1. The van der Waals surface area contributed by atoms with Gasteiger partial charge in [0.25, 0.3) is 0 Å². The third-order valence-electron chi connectivity index (χ3n) is 7.29. The summed E-state index contributed by atoms with van der Waals surface area (Å²) in [5, 5.41) is 15.7. The number of thiazole rings is 1. The first-order valence-electron chi connectivity index (χ1n) is 13.3. The molecule has 2 aromatic heterocycles. The minimum atomic E-state index is -4.85. The lowest BCUT2D eigenvalue weighted by Crippen LogP contribution is -2.37. The summed E-state index contributed by atoms with van der Waals surface area (Å²) in [5.74, 6) is -1.38. The van der Waals surface area contributed by atoms with Crippen LogP contribution < -0.4 is 9.64 Å². The predicted octanol–water partition coefficient (Wildman–Crippen LogP) is 7.26. The van der Waals surface area contributed by atoms with Crippen molar-refractivity contribution >= 4 is 22.4 Å². The Bertz CT molecular complexity index is 1590. The molecular formula is C29H25F4N3O5S. The Morgan fingerprint density at radius 1 is 1.10 bits per heavy atom. The summed E-state index contributed by atoms with van der Waals surface area (Å²) in [7, 11) is 0. The van der Waals surface area contributed by atoms with Crippen LogP contribution >= 0.6 is 11.3 Å². The van der Waals surface area contributed by atoms with Gasteiger partial charge < -0.3 is 24.0 Å². The second-order valence-electron chi connectivity index (χ2n) is 10.2. The van der Waals surface area contributed by atoms with E-state index in [2.05, 4.69) is 19.8 Å². The molecule has 3 heterocycles. The van der Waals surface area contributed by atoms with Crippen LogP contribution in [0.2, 0.25) is 0 Å². The van der Waals surface area contributed by atoms with E-state index in [1.807, 2.05) is 0 Å². The zero-order valence-corrected chi connectivity index (χ0v) is 22.9. The molecule has 2 aliphatic rings. The summed E-state index contributed by atoms with van der Waals surface area (Å²) in [5.41, 5.74) is 1.65. The van der Waals surface area contributed by atoms with Gasteiger partial charge in [-0.2, -0.15) is 0 Å². The highest BCUT2D eigenvalue weighted by atomic mass is 32.1. The average molecular weight is 604 g/mol. The lowest BCUT2D eigenvalue weighted by molar-refractivity contribution is -0.274. The summed E-state index contributed by atoms with van der Waals surface area (Å²) in [6.45, 7) is 1.43. The number of hydrogen-bond donors (Lipinski definition) is 1. The lowest BCUT2D eigenvalue weighted by atomic mass is 10.0. The molecule has 0 spiro atoms. The van der Waals surface area contributed by atoms with Crippen molar-refractivity contribution in [1.82, 2.24) is 10.1 Å². The van der Waals surface area contributed by atoms with Crippen LogP contribution in [0.3, 0.4) is 0 Å². The molecule has 1 saturated carbocycles. The van der Waals surface area contributed by atoms with E-state index in [9.17, 15) is 22.4 Å². The van der Waals surface area contributed by atoms with Crippen molar-refractivity contribution in [2.24, 2.45) is 0 Å². The monoisotopic (exact) mass is 603 g/mol. The second kappa shape index (κ2) is 11.4. The maximum atomic E-state index is 14.5. The smallest absolute Gasteiger partial charge is 0.478 e. The van der Waals surface area contributed by atoms with E-state index in [0.29, 0.717) is 42.9 Å². The first-order chi connectivity index (χ1) is 20.2. The minimum Gasteiger partial charge on any atom is -0.478 e. The number of ether oxygens (including phenoxy) is 2. The van der Waals surface area contributed by atoms with Gasteiger partial charge in [0, 0.05) is 41.1 Å². The molecule has 42 heavy (non-hydrogen) atoms. The number of aromatic nitrogens is 2. The van der Waals surface area contributed by atoms with Crippen molar-refractivity contribution in [1.29, 1.82) is 0 Å². The van der Waals surface area contributed by atoms with Gasteiger partial charge >= 0.3 is 12.3 Å². The molecule has 13 heteroatoms. The third-order valence-corrected chi connectivity index (χ3v) is 8.20. The number of halogens is 4. The Labute approximate surface area is 241 Å². The van der Waals surface area contributed by atoms with Gasteiger partial charge in [-0.25, -0.2) is 14.2 Å². The molecule has 1 N–H and O–H groups in total. The lowest BCUT2D eigenvalue weighted by Gasteiger charge is -2.31. The fourth-order valence-electron chi connectivity index (χ4n) is 5.02. The van der Waals surface area contributed by atoms with Crippen molar-refractivity contribution in [3.05, 3.63) is 70.5 Å². The summed E-state index contributed by atoms with van der Waals surface area (Å²) < 4.78 is 69.7. The van der Waals surface area contributed by atoms with Gasteiger partial charge in [-0.15, -0.1) is 24.5 Å². The molecule has 0 bridgehead atoms. The Morgan fingerprint density at radius 3 is 2.55 bits per heavy atom. The van der Waals surface area contributed by atoms with Gasteiger partial charge in [-0.3, -0.25) is 0 Å². The number of aromatic carboxylic acids is 1. The number of anilines is 1. The number of carbonyl (C=O) groups is 1. The topological polar surface area (TPSA) is 97.9 Å². The number of carboxylic acid groups (broad SMARTS) is 1. The fourth-order valence-corrected chi connectivity index (χ4v) is 5.90. The number of rotatable bonds is 9. The molecule has 2 aromatic carbocycles. The number of para-hydroxylation sites is 1. The van der Waals surface area contributed by atoms with Crippen molar-refractivity contribution in [2.45, 2.75) is 50.7 Å².